The second kappa shape index (κ2) is 5.46. The molecule has 0 atom stereocenters. The van der Waals surface area contributed by atoms with Crippen LogP contribution in [0.4, 0.5) is 23.2 Å². The van der Waals surface area contributed by atoms with Crippen molar-refractivity contribution in [2.75, 3.05) is 5.32 Å². The molecule has 0 aliphatic rings. The van der Waals surface area contributed by atoms with Crippen molar-refractivity contribution < 1.29 is 22.4 Å². The average Bonchev–Trinajstić information content (AvgIpc) is 2.38. The fraction of sp³-hybridized carbons (Fsp3) is 0. The van der Waals surface area contributed by atoms with Crippen LogP contribution >= 0.6 is 11.6 Å². The molecule has 2 rings (SSSR count). The van der Waals surface area contributed by atoms with Crippen LogP contribution < -0.4 is 5.32 Å². The van der Waals surface area contributed by atoms with Gasteiger partial charge in [0.1, 0.15) is 5.82 Å². The fourth-order valence-electron chi connectivity index (χ4n) is 1.41. The predicted molar refractivity (Wildman–Crippen MR) is 63.5 cm³/mol. The number of hydrogen-bond acceptors (Lipinski definition) is 2. The van der Waals surface area contributed by atoms with Gasteiger partial charge in [-0.3, -0.25) is 4.79 Å². The van der Waals surface area contributed by atoms with Crippen molar-refractivity contribution in [3.63, 3.8) is 0 Å². The van der Waals surface area contributed by atoms with Crippen LogP contribution in [0, 0.1) is 23.5 Å². The molecular formula is C12H5ClF4N2O. The van der Waals surface area contributed by atoms with Crippen LogP contribution in [0.2, 0.25) is 5.02 Å². The molecule has 1 aromatic carbocycles. The zero-order chi connectivity index (χ0) is 14.9. The Kier molecular flexibility index (Phi) is 3.89. The molecule has 0 aliphatic heterocycles. The van der Waals surface area contributed by atoms with Gasteiger partial charge in [0.2, 0.25) is 5.95 Å². The average molecular weight is 305 g/mol. The van der Waals surface area contributed by atoms with E-state index in [-0.39, 0.29) is 10.7 Å². The molecule has 0 spiro atoms. The topological polar surface area (TPSA) is 42.0 Å². The number of aromatic nitrogens is 1. The first-order valence-electron chi connectivity index (χ1n) is 5.16. The van der Waals surface area contributed by atoms with Crippen molar-refractivity contribution in [3.05, 3.63) is 58.4 Å². The lowest BCUT2D eigenvalue weighted by molar-refractivity contribution is 0.102. The third kappa shape index (κ3) is 2.88. The van der Waals surface area contributed by atoms with Crippen molar-refractivity contribution in [3.8, 4) is 0 Å². The minimum Gasteiger partial charge on any atom is -0.322 e. The van der Waals surface area contributed by atoms with Gasteiger partial charge in [-0.05, 0) is 18.2 Å². The SMILES string of the molecule is O=C(Nc1ccc(F)c(Cl)c1)c1cc(F)nc(F)c1F. The van der Waals surface area contributed by atoms with Crippen molar-refractivity contribution in [1.29, 1.82) is 0 Å². The highest BCUT2D eigenvalue weighted by Gasteiger charge is 2.19. The van der Waals surface area contributed by atoms with Gasteiger partial charge in [0, 0.05) is 11.8 Å². The molecule has 0 fully saturated rings. The Balaban J connectivity index is 2.30. The molecule has 1 N–H and O–H groups in total. The molecule has 0 radical (unpaired) electrons. The molecule has 104 valence electrons. The van der Waals surface area contributed by atoms with E-state index in [0.717, 1.165) is 18.2 Å². The summed E-state index contributed by atoms with van der Waals surface area (Å²) >= 11 is 5.49. The summed E-state index contributed by atoms with van der Waals surface area (Å²) in [6.07, 6.45) is 0. The van der Waals surface area contributed by atoms with Gasteiger partial charge >= 0.3 is 0 Å². The van der Waals surface area contributed by atoms with Crippen molar-refractivity contribution in [1.82, 2.24) is 4.98 Å². The summed E-state index contributed by atoms with van der Waals surface area (Å²) < 4.78 is 52.0. The zero-order valence-corrected chi connectivity index (χ0v) is 10.3. The van der Waals surface area contributed by atoms with Crippen LogP contribution in [0.5, 0.6) is 0 Å². The minimum absolute atomic E-state index is 0.0402. The number of halogens is 5. The number of anilines is 1. The first-order valence-corrected chi connectivity index (χ1v) is 5.54. The van der Waals surface area contributed by atoms with Crippen LogP contribution in [-0.4, -0.2) is 10.9 Å². The molecule has 0 saturated carbocycles. The summed E-state index contributed by atoms with van der Waals surface area (Å²) in [5.74, 6) is -6.49. The number of amides is 1. The summed E-state index contributed by atoms with van der Waals surface area (Å²) in [7, 11) is 0. The number of carbonyl (C=O) groups excluding carboxylic acids is 1. The number of carbonyl (C=O) groups is 1. The van der Waals surface area contributed by atoms with Gasteiger partial charge < -0.3 is 5.32 Å². The Morgan fingerprint density at radius 3 is 2.50 bits per heavy atom. The van der Waals surface area contributed by atoms with Crippen molar-refractivity contribution in [2.24, 2.45) is 0 Å². The Bertz CT molecular complexity index is 693. The molecule has 0 aliphatic carbocycles. The van der Waals surface area contributed by atoms with Crippen LogP contribution in [0.15, 0.2) is 24.3 Å². The Hall–Kier alpha value is -2.15. The van der Waals surface area contributed by atoms with Crippen LogP contribution in [-0.2, 0) is 0 Å². The molecule has 0 bridgehead atoms. The molecule has 20 heavy (non-hydrogen) atoms. The number of hydrogen-bond donors (Lipinski definition) is 1. The van der Waals surface area contributed by atoms with E-state index in [0.29, 0.717) is 6.07 Å². The zero-order valence-electron chi connectivity index (χ0n) is 9.55. The maximum Gasteiger partial charge on any atom is 0.258 e. The number of nitrogens with one attached hydrogen (secondary N) is 1. The Morgan fingerprint density at radius 1 is 1.15 bits per heavy atom. The second-order valence-electron chi connectivity index (χ2n) is 3.68. The summed E-state index contributed by atoms with van der Waals surface area (Å²) in [6.45, 7) is 0. The number of rotatable bonds is 2. The number of pyridine rings is 1. The summed E-state index contributed by atoms with van der Waals surface area (Å²) in [4.78, 5) is 14.3. The largest absolute Gasteiger partial charge is 0.322 e. The quantitative estimate of drug-likeness (QED) is 0.681. The van der Waals surface area contributed by atoms with E-state index in [1.165, 1.54) is 0 Å². The lowest BCUT2D eigenvalue weighted by Crippen LogP contribution is -2.16. The second-order valence-corrected chi connectivity index (χ2v) is 4.09. The van der Waals surface area contributed by atoms with E-state index in [9.17, 15) is 22.4 Å². The van der Waals surface area contributed by atoms with Crippen LogP contribution in [0.1, 0.15) is 10.4 Å². The maximum atomic E-state index is 13.3. The summed E-state index contributed by atoms with van der Waals surface area (Å²) in [5, 5.41) is 1.86. The molecule has 1 amide bonds. The van der Waals surface area contributed by atoms with Gasteiger partial charge in [-0.1, -0.05) is 11.6 Å². The van der Waals surface area contributed by atoms with Crippen molar-refractivity contribution >= 4 is 23.2 Å². The van der Waals surface area contributed by atoms with E-state index in [1.807, 2.05) is 0 Å². The highest BCUT2D eigenvalue weighted by Crippen LogP contribution is 2.20. The molecule has 0 saturated heterocycles. The van der Waals surface area contributed by atoms with Crippen LogP contribution in [0.3, 0.4) is 0 Å². The molecule has 2 aromatic rings. The molecule has 0 unspecified atom stereocenters. The maximum absolute atomic E-state index is 13.3. The summed E-state index contributed by atoms with van der Waals surface area (Å²) in [5.41, 5.74) is -0.825. The van der Waals surface area contributed by atoms with E-state index < -0.39 is 35.0 Å². The molecular weight excluding hydrogens is 300 g/mol. The fourth-order valence-corrected chi connectivity index (χ4v) is 1.59. The van der Waals surface area contributed by atoms with E-state index >= 15 is 0 Å². The standard InChI is InChI=1S/C12H5ClF4N2O/c13-7-3-5(1-2-8(7)14)18-12(20)6-4-9(15)19-11(17)10(6)16/h1-4H,(H,18,20). The number of nitrogens with zero attached hydrogens (tertiary/aromatic N) is 1. The highest BCUT2D eigenvalue weighted by atomic mass is 35.5. The predicted octanol–water partition coefficient (Wildman–Crippen LogP) is 3.54. The third-order valence-electron chi connectivity index (χ3n) is 2.31. The smallest absolute Gasteiger partial charge is 0.258 e. The van der Waals surface area contributed by atoms with Gasteiger partial charge in [0.15, 0.2) is 5.82 Å². The lowest BCUT2D eigenvalue weighted by atomic mass is 10.2. The lowest BCUT2D eigenvalue weighted by Gasteiger charge is -2.07. The van der Waals surface area contributed by atoms with Gasteiger partial charge in [-0.25, -0.2) is 8.78 Å². The van der Waals surface area contributed by atoms with Gasteiger partial charge in [0.25, 0.3) is 11.9 Å². The van der Waals surface area contributed by atoms with Gasteiger partial charge in [-0.15, -0.1) is 0 Å². The monoisotopic (exact) mass is 304 g/mol. The normalized spacial score (nSPS) is 10.4. The van der Waals surface area contributed by atoms with Gasteiger partial charge in [-0.2, -0.15) is 13.8 Å². The molecule has 1 heterocycles. The summed E-state index contributed by atoms with van der Waals surface area (Å²) in [6, 6.07) is 3.65. The number of benzene rings is 1. The minimum atomic E-state index is -1.73. The first-order chi connectivity index (χ1) is 9.38. The molecule has 1 aromatic heterocycles. The van der Waals surface area contributed by atoms with Crippen molar-refractivity contribution in [2.45, 2.75) is 0 Å². The van der Waals surface area contributed by atoms with Gasteiger partial charge in [0.05, 0.1) is 10.6 Å². The third-order valence-corrected chi connectivity index (χ3v) is 2.60. The Morgan fingerprint density at radius 2 is 1.85 bits per heavy atom. The van der Waals surface area contributed by atoms with E-state index in [4.69, 9.17) is 11.6 Å². The van der Waals surface area contributed by atoms with E-state index in [2.05, 4.69) is 10.3 Å². The van der Waals surface area contributed by atoms with Crippen LogP contribution in [0.25, 0.3) is 0 Å². The van der Waals surface area contributed by atoms with E-state index in [1.54, 1.807) is 0 Å². The molecule has 8 heteroatoms. The molecule has 3 nitrogen and oxygen atoms in total. The highest BCUT2D eigenvalue weighted by molar-refractivity contribution is 6.31. The Labute approximate surface area is 115 Å². The first kappa shape index (κ1) is 14.3.